The van der Waals surface area contributed by atoms with Crippen LogP contribution < -0.4 is 5.32 Å². The third-order valence-electron chi connectivity index (χ3n) is 5.18. The van der Waals surface area contributed by atoms with Gasteiger partial charge in [0.2, 0.25) is 5.91 Å². The van der Waals surface area contributed by atoms with E-state index in [2.05, 4.69) is 15.2 Å². The molecule has 0 radical (unpaired) electrons. The van der Waals surface area contributed by atoms with E-state index in [4.69, 9.17) is 4.42 Å². The summed E-state index contributed by atoms with van der Waals surface area (Å²) in [6, 6.07) is 3.88. The molecule has 1 N–H and O–H groups in total. The molecule has 27 heavy (non-hydrogen) atoms. The van der Waals surface area contributed by atoms with Crippen molar-refractivity contribution in [3.05, 3.63) is 29.0 Å². The van der Waals surface area contributed by atoms with Crippen molar-refractivity contribution < 1.29 is 14.0 Å². The molecule has 0 aromatic carbocycles. The third-order valence-corrected chi connectivity index (χ3v) is 6.17. The Hall–Kier alpha value is -2.19. The fourth-order valence-corrected chi connectivity index (χ4v) is 4.15. The van der Waals surface area contributed by atoms with Crippen molar-refractivity contribution >= 4 is 23.2 Å². The summed E-state index contributed by atoms with van der Waals surface area (Å²) in [6.45, 7) is 6.45. The molecule has 1 unspecified atom stereocenters. The van der Waals surface area contributed by atoms with Gasteiger partial charge in [0.1, 0.15) is 5.69 Å². The summed E-state index contributed by atoms with van der Waals surface area (Å²) < 4.78 is 5.39. The molecule has 0 bridgehead atoms. The summed E-state index contributed by atoms with van der Waals surface area (Å²) in [5.74, 6) is 0.731. The summed E-state index contributed by atoms with van der Waals surface area (Å²) >= 11 is 1.47. The van der Waals surface area contributed by atoms with Crippen LogP contribution in [-0.4, -0.2) is 64.9 Å². The van der Waals surface area contributed by atoms with Gasteiger partial charge in [-0.2, -0.15) is 0 Å². The molecule has 2 amide bonds. The predicted molar refractivity (Wildman–Crippen MR) is 103 cm³/mol. The van der Waals surface area contributed by atoms with E-state index in [0.29, 0.717) is 43.7 Å². The number of thiazole rings is 1. The van der Waals surface area contributed by atoms with Gasteiger partial charge in [0.15, 0.2) is 10.8 Å². The fraction of sp³-hybridized carbons (Fsp3) is 0.526. The van der Waals surface area contributed by atoms with E-state index < -0.39 is 0 Å². The lowest BCUT2D eigenvalue weighted by atomic mass is 10.2. The summed E-state index contributed by atoms with van der Waals surface area (Å²) in [4.78, 5) is 34.5. The number of piperazine rings is 1. The number of carbonyl (C=O) groups is 2. The first-order valence-corrected chi connectivity index (χ1v) is 10.2. The number of nitrogens with one attached hydrogen (secondary N) is 1. The molecular formula is C19H24N4O3S. The van der Waals surface area contributed by atoms with Crippen molar-refractivity contribution in [3.63, 3.8) is 0 Å². The SMILES string of the molecule is Cc1sc(-c2ccco2)nc1C(=O)N1CCN(C(C)C(=O)NC2CC2)CC1. The monoisotopic (exact) mass is 388 g/mol. The lowest BCUT2D eigenvalue weighted by Gasteiger charge is -2.37. The second-order valence-corrected chi connectivity index (χ2v) is 8.39. The summed E-state index contributed by atoms with van der Waals surface area (Å²) in [7, 11) is 0. The minimum atomic E-state index is -0.158. The van der Waals surface area contributed by atoms with Crippen molar-refractivity contribution in [3.8, 4) is 10.8 Å². The average Bonchev–Trinajstić information content (AvgIpc) is 3.17. The maximum Gasteiger partial charge on any atom is 0.273 e. The Morgan fingerprint density at radius 1 is 1.30 bits per heavy atom. The van der Waals surface area contributed by atoms with E-state index >= 15 is 0 Å². The number of nitrogens with zero attached hydrogens (tertiary/aromatic N) is 3. The number of amides is 2. The van der Waals surface area contributed by atoms with Gasteiger partial charge in [-0.3, -0.25) is 14.5 Å². The van der Waals surface area contributed by atoms with Crippen LogP contribution in [0.5, 0.6) is 0 Å². The van der Waals surface area contributed by atoms with Gasteiger partial charge in [0.25, 0.3) is 5.91 Å². The highest BCUT2D eigenvalue weighted by Gasteiger charge is 2.32. The minimum absolute atomic E-state index is 0.0451. The molecule has 2 aromatic heterocycles. The second kappa shape index (κ2) is 7.44. The lowest BCUT2D eigenvalue weighted by Crippen LogP contribution is -2.55. The number of hydrogen-bond donors (Lipinski definition) is 1. The van der Waals surface area contributed by atoms with Crippen LogP contribution in [0.4, 0.5) is 0 Å². The molecule has 2 aliphatic rings. The Bertz CT molecular complexity index is 820. The molecule has 1 aliphatic carbocycles. The van der Waals surface area contributed by atoms with Crippen LogP contribution in [0, 0.1) is 6.92 Å². The van der Waals surface area contributed by atoms with Crippen LogP contribution >= 0.6 is 11.3 Å². The molecule has 4 rings (SSSR count). The Morgan fingerprint density at radius 3 is 2.67 bits per heavy atom. The van der Waals surface area contributed by atoms with E-state index in [9.17, 15) is 9.59 Å². The number of hydrogen-bond acceptors (Lipinski definition) is 6. The van der Waals surface area contributed by atoms with Gasteiger partial charge in [-0.05, 0) is 38.8 Å². The van der Waals surface area contributed by atoms with Gasteiger partial charge < -0.3 is 14.6 Å². The molecule has 7 nitrogen and oxygen atoms in total. The van der Waals surface area contributed by atoms with Crippen LogP contribution in [-0.2, 0) is 4.79 Å². The van der Waals surface area contributed by atoms with E-state index in [-0.39, 0.29) is 17.9 Å². The highest BCUT2D eigenvalue weighted by Crippen LogP contribution is 2.28. The van der Waals surface area contributed by atoms with Crippen molar-refractivity contribution in [1.82, 2.24) is 20.1 Å². The van der Waals surface area contributed by atoms with Crippen LogP contribution in [0.15, 0.2) is 22.8 Å². The Kier molecular flexibility index (Phi) is 5.01. The highest BCUT2D eigenvalue weighted by atomic mass is 32.1. The Morgan fingerprint density at radius 2 is 2.04 bits per heavy atom. The second-order valence-electron chi connectivity index (χ2n) is 7.19. The van der Waals surface area contributed by atoms with Crippen LogP contribution in [0.2, 0.25) is 0 Å². The van der Waals surface area contributed by atoms with Gasteiger partial charge in [-0.1, -0.05) is 0 Å². The Labute approximate surface area is 162 Å². The Balaban J connectivity index is 1.36. The average molecular weight is 388 g/mol. The summed E-state index contributed by atoms with van der Waals surface area (Å²) in [5.41, 5.74) is 0.499. The number of rotatable bonds is 5. The molecule has 1 atom stereocenters. The van der Waals surface area contributed by atoms with Gasteiger partial charge in [0, 0.05) is 37.1 Å². The predicted octanol–water partition coefficient (Wildman–Crippen LogP) is 2.14. The molecule has 2 fully saturated rings. The smallest absolute Gasteiger partial charge is 0.273 e. The van der Waals surface area contributed by atoms with Gasteiger partial charge in [-0.15, -0.1) is 11.3 Å². The van der Waals surface area contributed by atoms with Gasteiger partial charge in [-0.25, -0.2) is 4.98 Å². The summed E-state index contributed by atoms with van der Waals surface area (Å²) in [6.07, 6.45) is 3.79. The molecule has 1 saturated heterocycles. The van der Waals surface area contributed by atoms with E-state index in [1.807, 2.05) is 30.9 Å². The highest BCUT2D eigenvalue weighted by molar-refractivity contribution is 7.15. The molecule has 1 saturated carbocycles. The van der Waals surface area contributed by atoms with Crippen molar-refractivity contribution in [1.29, 1.82) is 0 Å². The number of furan rings is 1. The van der Waals surface area contributed by atoms with Crippen LogP contribution in [0.1, 0.15) is 35.1 Å². The molecule has 144 valence electrons. The first-order valence-electron chi connectivity index (χ1n) is 9.38. The van der Waals surface area contributed by atoms with Gasteiger partial charge >= 0.3 is 0 Å². The maximum absolute atomic E-state index is 12.9. The van der Waals surface area contributed by atoms with Crippen LogP contribution in [0.3, 0.4) is 0 Å². The number of aryl methyl sites for hydroxylation is 1. The molecule has 8 heteroatoms. The number of aromatic nitrogens is 1. The zero-order valence-corrected chi connectivity index (χ0v) is 16.4. The molecule has 2 aromatic rings. The molecule has 3 heterocycles. The summed E-state index contributed by atoms with van der Waals surface area (Å²) in [5, 5.41) is 3.78. The third kappa shape index (κ3) is 3.91. The first kappa shape index (κ1) is 18.2. The quantitative estimate of drug-likeness (QED) is 0.849. The zero-order valence-electron chi connectivity index (χ0n) is 15.6. The molecule has 0 spiro atoms. The standard InChI is InChI=1S/C19H24N4O3S/c1-12(17(24)20-14-5-6-14)22-7-9-23(10-8-22)19(25)16-13(2)27-18(21-16)15-4-3-11-26-15/h3-4,11-12,14H,5-10H2,1-2H3,(H,20,24). The van der Waals surface area contributed by atoms with Gasteiger partial charge in [0.05, 0.1) is 12.3 Å². The van der Waals surface area contributed by atoms with Crippen molar-refractivity contribution in [2.24, 2.45) is 0 Å². The zero-order chi connectivity index (χ0) is 19.0. The van der Waals surface area contributed by atoms with Crippen LogP contribution in [0.25, 0.3) is 10.8 Å². The van der Waals surface area contributed by atoms with E-state index in [0.717, 1.165) is 22.7 Å². The van der Waals surface area contributed by atoms with E-state index in [1.54, 1.807) is 6.26 Å². The largest absolute Gasteiger partial charge is 0.462 e. The molecule has 1 aliphatic heterocycles. The first-order chi connectivity index (χ1) is 13.0. The molecular weight excluding hydrogens is 364 g/mol. The maximum atomic E-state index is 12.9. The number of carbonyl (C=O) groups excluding carboxylic acids is 2. The topological polar surface area (TPSA) is 78.7 Å². The van der Waals surface area contributed by atoms with Crippen molar-refractivity contribution in [2.75, 3.05) is 26.2 Å². The minimum Gasteiger partial charge on any atom is -0.462 e. The normalized spacial score (nSPS) is 19.1. The van der Waals surface area contributed by atoms with E-state index in [1.165, 1.54) is 11.3 Å². The fourth-order valence-electron chi connectivity index (χ4n) is 3.28. The lowest BCUT2D eigenvalue weighted by molar-refractivity contribution is -0.126. The van der Waals surface area contributed by atoms with Crippen molar-refractivity contribution in [2.45, 2.75) is 38.8 Å².